The Morgan fingerprint density at radius 2 is 2.10 bits per heavy atom. The molecule has 1 saturated heterocycles. The van der Waals surface area contributed by atoms with Gasteiger partial charge in [0, 0.05) is 0 Å². The Hall–Kier alpha value is -1.28. The smallest absolute Gasteiger partial charge is 0.264 e. The lowest BCUT2D eigenvalue weighted by molar-refractivity contribution is -0.152. The lowest BCUT2D eigenvalue weighted by atomic mass is 10.1. The zero-order valence-electron chi connectivity index (χ0n) is 12.3. The number of aromatic nitrogens is 1. The van der Waals surface area contributed by atoms with Crippen LogP contribution in [0.2, 0.25) is 0 Å². The molecule has 21 heavy (non-hydrogen) atoms. The van der Waals surface area contributed by atoms with Crippen molar-refractivity contribution in [3.05, 3.63) is 35.2 Å². The highest BCUT2D eigenvalue weighted by molar-refractivity contribution is 7.85. The summed E-state index contributed by atoms with van der Waals surface area (Å²) >= 11 is 0. The summed E-state index contributed by atoms with van der Waals surface area (Å²) in [6, 6.07) is 5.52. The summed E-state index contributed by atoms with van der Waals surface area (Å²) in [4.78, 5) is 4.48. The van der Waals surface area contributed by atoms with E-state index in [1.807, 2.05) is 25.1 Å². The second kappa shape index (κ2) is 6.23. The first kappa shape index (κ1) is 16.1. The predicted molar refractivity (Wildman–Crippen MR) is 77.9 cm³/mol. The van der Waals surface area contributed by atoms with Gasteiger partial charge in [-0.2, -0.15) is 8.42 Å². The maximum atomic E-state index is 11.0. The fraction of sp³-hybridized carbons (Fsp3) is 0.500. The van der Waals surface area contributed by atoms with Gasteiger partial charge >= 0.3 is 0 Å². The van der Waals surface area contributed by atoms with Gasteiger partial charge in [-0.15, -0.1) is 0 Å². The standard InChI is InChI=1S/C14H19NO5S/c1-11(10-20-21(3,16)17)9-12-5-4-6-13(15-12)14(2)18-7-8-19-14/h4-6,9H,7-8,10H2,1-3H3. The highest BCUT2D eigenvalue weighted by Gasteiger charge is 2.34. The van der Waals surface area contributed by atoms with Crippen molar-refractivity contribution in [2.24, 2.45) is 0 Å². The van der Waals surface area contributed by atoms with Crippen LogP contribution >= 0.6 is 0 Å². The normalized spacial score (nSPS) is 18.9. The van der Waals surface area contributed by atoms with E-state index in [-0.39, 0.29) is 6.61 Å². The van der Waals surface area contributed by atoms with E-state index < -0.39 is 15.9 Å². The highest BCUT2D eigenvalue weighted by Crippen LogP contribution is 2.29. The zero-order chi connectivity index (χ0) is 15.5. The van der Waals surface area contributed by atoms with Crippen molar-refractivity contribution in [3.8, 4) is 0 Å². The number of hydrogen-bond acceptors (Lipinski definition) is 6. The summed E-state index contributed by atoms with van der Waals surface area (Å²) in [5.41, 5.74) is 2.14. The molecule has 1 fully saturated rings. The molecular formula is C14H19NO5S. The number of nitrogens with zero attached hydrogens (tertiary/aromatic N) is 1. The van der Waals surface area contributed by atoms with Gasteiger partial charge in [-0.25, -0.2) is 4.98 Å². The lowest BCUT2D eigenvalue weighted by Crippen LogP contribution is -2.24. The van der Waals surface area contributed by atoms with Crippen LogP contribution in [-0.2, 0) is 29.6 Å². The van der Waals surface area contributed by atoms with E-state index in [2.05, 4.69) is 4.98 Å². The van der Waals surface area contributed by atoms with Gasteiger partial charge in [0.2, 0.25) is 5.79 Å². The monoisotopic (exact) mass is 313 g/mol. The van der Waals surface area contributed by atoms with Crippen LogP contribution in [-0.4, -0.2) is 39.5 Å². The molecule has 1 aromatic rings. The first-order valence-electron chi connectivity index (χ1n) is 6.55. The molecule has 6 nitrogen and oxygen atoms in total. The van der Waals surface area contributed by atoms with Crippen LogP contribution < -0.4 is 0 Å². The lowest BCUT2D eigenvalue weighted by Gasteiger charge is -2.21. The Morgan fingerprint density at radius 1 is 1.43 bits per heavy atom. The Bertz CT molecular complexity index is 633. The fourth-order valence-electron chi connectivity index (χ4n) is 1.94. The van der Waals surface area contributed by atoms with Crippen molar-refractivity contribution in [2.45, 2.75) is 19.6 Å². The first-order valence-corrected chi connectivity index (χ1v) is 8.37. The topological polar surface area (TPSA) is 74.7 Å². The van der Waals surface area contributed by atoms with Crippen LogP contribution in [0.4, 0.5) is 0 Å². The Labute approximate surface area is 124 Å². The summed E-state index contributed by atoms with van der Waals surface area (Å²) in [7, 11) is -3.44. The number of ether oxygens (including phenoxy) is 2. The van der Waals surface area contributed by atoms with E-state index in [1.54, 1.807) is 13.0 Å². The number of rotatable bonds is 5. The summed E-state index contributed by atoms with van der Waals surface area (Å²) in [6.45, 7) is 4.70. The molecule has 1 aromatic heterocycles. The second-order valence-corrected chi connectivity index (χ2v) is 6.69. The van der Waals surface area contributed by atoms with Gasteiger partial charge in [-0.05, 0) is 37.6 Å². The summed E-state index contributed by atoms with van der Waals surface area (Å²) < 4.78 is 37.8. The minimum atomic E-state index is -3.44. The van der Waals surface area contributed by atoms with Crippen molar-refractivity contribution in [1.29, 1.82) is 0 Å². The molecule has 0 saturated carbocycles. The van der Waals surface area contributed by atoms with Crippen molar-refractivity contribution in [1.82, 2.24) is 4.98 Å². The van der Waals surface area contributed by atoms with E-state index in [4.69, 9.17) is 13.7 Å². The third-order valence-electron chi connectivity index (χ3n) is 2.97. The van der Waals surface area contributed by atoms with Gasteiger partial charge in [0.15, 0.2) is 0 Å². The molecule has 0 aliphatic carbocycles. The summed E-state index contributed by atoms with van der Waals surface area (Å²) in [5.74, 6) is -0.818. The molecular weight excluding hydrogens is 294 g/mol. The largest absolute Gasteiger partial charge is 0.342 e. The molecule has 2 rings (SSSR count). The van der Waals surface area contributed by atoms with Crippen LogP contribution in [0, 0.1) is 0 Å². The molecule has 0 aromatic carbocycles. The van der Waals surface area contributed by atoms with Crippen molar-refractivity contribution in [2.75, 3.05) is 26.1 Å². The minimum Gasteiger partial charge on any atom is -0.342 e. The summed E-state index contributed by atoms with van der Waals surface area (Å²) in [5, 5.41) is 0. The zero-order valence-corrected chi connectivity index (χ0v) is 13.1. The first-order chi connectivity index (χ1) is 9.78. The minimum absolute atomic E-state index is 0.00894. The van der Waals surface area contributed by atoms with Gasteiger partial charge in [0.05, 0.1) is 37.5 Å². The van der Waals surface area contributed by atoms with Gasteiger partial charge in [0.1, 0.15) is 0 Å². The molecule has 2 heterocycles. The van der Waals surface area contributed by atoms with Gasteiger partial charge < -0.3 is 9.47 Å². The van der Waals surface area contributed by atoms with E-state index in [1.165, 1.54) is 0 Å². The van der Waals surface area contributed by atoms with Crippen LogP contribution in [0.15, 0.2) is 23.8 Å². The van der Waals surface area contributed by atoms with Crippen molar-refractivity contribution < 1.29 is 22.1 Å². The predicted octanol–water partition coefficient (Wildman–Crippen LogP) is 1.68. The average molecular weight is 313 g/mol. The third-order valence-corrected chi connectivity index (χ3v) is 3.52. The molecule has 0 N–H and O–H groups in total. The molecule has 0 radical (unpaired) electrons. The maximum absolute atomic E-state index is 11.0. The Kier molecular flexibility index (Phi) is 4.77. The number of pyridine rings is 1. The SMILES string of the molecule is CC(=Cc1cccc(C2(C)OCCO2)n1)COS(C)(=O)=O. The van der Waals surface area contributed by atoms with Crippen molar-refractivity contribution in [3.63, 3.8) is 0 Å². The van der Waals surface area contributed by atoms with Crippen LogP contribution in [0.25, 0.3) is 6.08 Å². The second-order valence-electron chi connectivity index (χ2n) is 5.05. The van der Waals surface area contributed by atoms with Crippen LogP contribution in [0.3, 0.4) is 0 Å². The summed E-state index contributed by atoms with van der Waals surface area (Å²) in [6.07, 6.45) is 2.79. The van der Waals surface area contributed by atoms with E-state index in [9.17, 15) is 8.42 Å². The Balaban J connectivity index is 2.14. The molecule has 116 valence electrons. The van der Waals surface area contributed by atoms with Gasteiger partial charge in [-0.3, -0.25) is 4.18 Å². The maximum Gasteiger partial charge on any atom is 0.264 e. The average Bonchev–Trinajstić information content (AvgIpc) is 2.84. The van der Waals surface area contributed by atoms with E-state index in [0.29, 0.717) is 24.6 Å². The Morgan fingerprint density at radius 3 is 2.71 bits per heavy atom. The van der Waals surface area contributed by atoms with Crippen molar-refractivity contribution >= 4 is 16.2 Å². The molecule has 0 spiro atoms. The van der Waals surface area contributed by atoms with Gasteiger partial charge in [-0.1, -0.05) is 6.07 Å². The van der Waals surface area contributed by atoms with Crippen LogP contribution in [0.1, 0.15) is 25.2 Å². The van der Waals surface area contributed by atoms with E-state index >= 15 is 0 Å². The molecule has 0 unspecified atom stereocenters. The number of hydrogen-bond donors (Lipinski definition) is 0. The molecule has 0 atom stereocenters. The fourth-order valence-corrected chi connectivity index (χ4v) is 2.34. The quantitative estimate of drug-likeness (QED) is 0.770. The van der Waals surface area contributed by atoms with Gasteiger partial charge in [0.25, 0.3) is 10.1 Å². The van der Waals surface area contributed by atoms with E-state index in [0.717, 1.165) is 11.8 Å². The highest BCUT2D eigenvalue weighted by atomic mass is 32.2. The third kappa shape index (κ3) is 4.60. The molecule has 1 aliphatic rings. The molecule has 0 bridgehead atoms. The molecule has 7 heteroatoms. The molecule has 0 amide bonds. The molecule has 1 aliphatic heterocycles. The van der Waals surface area contributed by atoms with Crippen LogP contribution in [0.5, 0.6) is 0 Å².